The van der Waals surface area contributed by atoms with Gasteiger partial charge in [-0.15, -0.1) is 17.5 Å². The zero-order chi connectivity index (χ0) is 18.9. The van der Waals surface area contributed by atoms with E-state index in [2.05, 4.69) is 26.3 Å². The number of hydrogen-bond donors (Lipinski definition) is 4. The topological polar surface area (TPSA) is 95.6 Å². The summed E-state index contributed by atoms with van der Waals surface area (Å²) in [6, 6.07) is 0. The van der Waals surface area contributed by atoms with E-state index in [1.165, 1.54) is 29.2 Å². The van der Waals surface area contributed by atoms with Crippen LogP contribution in [0.5, 0.6) is 0 Å². The summed E-state index contributed by atoms with van der Waals surface area (Å²) < 4.78 is 27.2. The number of fused-ring (bicyclic) bond motifs is 1. The number of thioether (sulfide) groups is 1. The highest BCUT2D eigenvalue weighted by atomic mass is 32.2. The van der Waals surface area contributed by atoms with Crippen LogP contribution in [0.2, 0.25) is 0 Å². The molecule has 0 radical (unpaired) electrons. The minimum atomic E-state index is -0.849. The lowest BCUT2D eigenvalue weighted by molar-refractivity contribution is 0.206. The SMILES string of the molecule is CC(C)(CO)NC1=NC(SCC2=C=CCC(F)=C2F)Nc2nc(N)sc21. The number of halogens is 2. The van der Waals surface area contributed by atoms with E-state index in [0.717, 1.165) is 4.88 Å². The largest absolute Gasteiger partial charge is 0.394 e. The van der Waals surface area contributed by atoms with Gasteiger partial charge in [0.1, 0.15) is 16.5 Å². The molecule has 0 amide bonds. The van der Waals surface area contributed by atoms with E-state index >= 15 is 0 Å². The van der Waals surface area contributed by atoms with Crippen molar-refractivity contribution in [1.29, 1.82) is 0 Å². The third-order valence-electron chi connectivity index (χ3n) is 3.66. The summed E-state index contributed by atoms with van der Waals surface area (Å²) in [6.45, 7) is 3.59. The number of aliphatic hydroxyl groups excluding tert-OH is 1. The van der Waals surface area contributed by atoms with E-state index in [0.29, 0.717) is 16.8 Å². The maximum Gasteiger partial charge on any atom is 0.182 e. The standard InChI is InChI=1S/C16H19F2N5OS2/c1-16(2,7-24)23-13-11-12(20-14(19)26-11)21-15(22-13)25-6-8-4-3-5-9(17)10(8)18/h3,15,21,24H,5-7H2,1-2H3,(H2,19,20)(H,22,23). The lowest BCUT2D eigenvalue weighted by Gasteiger charge is -2.29. The highest BCUT2D eigenvalue weighted by Crippen LogP contribution is 2.34. The Morgan fingerprint density at radius 1 is 1.54 bits per heavy atom. The van der Waals surface area contributed by atoms with Gasteiger partial charge in [0.05, 0.1) is 12.1 Å². The number of aliphatic imine (C=N–C) groups is 1. The molecule has 1 aromatic rings. The van der Waals surface area contributed by atoms with Crippen LogP contribution < -0.4 is 16.4 Å². The van der Waals surface area contributed by atoms with Crippen LogP contribution in [0.15, 0.2) is 34.0 Å². The van der Waals surface area contributed by atoms with Crippen molar-refractivity contribution in [3.63, 3.8) is 0 Å². The van der Waals surface area contributed by atoms with Gasteiger partial charge >= 0.3 is 0 Å². The molecule has 2 aliphatic rings. The van der Waals surface area contributed by atoms with Crippen molar-refractivity contribution in [2.75, 3.05) is 23.4 Å². The number of allylic oxidation sites excluding steroid dienone is 2. The number of anilines is 2. The third-order valence-corrected chi connectivity index (χ3v) is 5.55. The van der Waals surface area contributed by atoms with Gasteiger partial charge in [0.15, 0.2) is 22.3 Å². The predicted octanol–water partition coefficient (Wildman–Crippen LogP) is 2.91. The smallest absolute Gasteiger partial charge is 0.182 e. The molecular weight excluding hydrogens is 380 g/mol. The summed E-state index contributed by atoms with van der Waals surface area (Å²) in [5.74, 6) is -0.298. The average Bonchev–Trinajstić information content (AvgIpc) is 2.96. The highest BCUT2D eigenvalue weighted by Gasteiger charge is 2.29. The van der Waals surface area contributed by atoms with E-state index in [1.807, 2.05) is 13.8 Å². The van der Waals surface area contributed by atoms with Gasteiger partial charge in [-0.2, -0.15) is 0 Å². The number of aromatic nitrogens is 1. The molecule has 3 rings (SSSR count). The molecule has 0 aromatic carbocycles. The van der Waals surface area contributed by atoms with Gasteiger partial charge in [-0.1, -0.05) is 11.3 Å². The summed E-state index contributed by atoms with van der Waals surface area (Å²) in [6.07, 6.45) is 1.41. The van der Waals surface area contributed by atoms with Gasteiger partial charge in [-0.3, -0.25) is 0 Å². The van der Waals surface area contributed by atoms with E-state index in [9.17, 15) is 13.9 Å². The molecule has 5 N–H and O–H groups in total. The molecular formula is C16H19F2N5OS2. The Bertz CT molecular complexity index is 840. The zero-order valence-corrected chi connectivity index (χ0v) is 15.9. The first kappa shape index (κ1) is 18.9. The van der Waals surface area contributed by atoms with Crippen LogP contribution >= 0.6 is 23.1 Å². The van der Waals surface area contributed by atoms with Crippen molar-refractivity contribution in [3.8, 4) is 0 Å². The van der Waals surface area contributed by atoms with Crippen LogP contribution in [0.25, 0.3) is 0 Å². The number of hydrogen-bond acceptors (Lipinski definition) is 8. The fourth-order valence-corrected chi connectivity index (χ4v) is 3.95. The Hall–Kier alpha value is -1.87. The molecule has 26 heavy (non-hydrogen) atoms. The average molecular weight is 399 g/mol. The second-order valence-corrected chi connectivity index (χ2v) is 8.53. The third kappa shape index (κ3) is 4.09. The Kier molecular flexibility index (Phi) is 5.38. The monoisotopic (exact) mass is 399 g/mol. The van der Waals surface area contributed by atoms with Gasteiger partial charge in [-0.25, -0.2) is 18.8 Å². The minimum Gasteiger partial charge on any atom is -0.394 e. The molecule has 0 bridgehead atoms. The van der Waals surface area contributed by atoms with Crippen molar-refractivity contribution in [3.05, 3.63) is 33.9 Å². The first-order valence-corrected chi connectivity index (χ1v) is 9.76. The molecule has 140 valence electrons. The number of nitrogens with two attached hydrogens (primary N) is 1. The van der Waals surface area contributed by atoms with Crippen molar-refractivity contribution in [1.82, 2.24) is 10.3 Å². The minimum absolute atomic E-state index is 0.0639. The number of amidine groups is 1. The molecule has 1 atom stereocenters. The van der Waals surface area contributed by atoms with Gasteiger partial charge in [-0.05, 0) is 19.9 Å². The Labute approximate surface area is 158 Å². The van der Waals surface area contributed by atoms with Crippen LogP contribution in [0.1, 0.15) is 25.1 Å². The second-order valence-electron chi connectivity index (χ2n) is 6.43. The fraction of sp³-hybridized carbons (Fsp3) is 0.438. The molecule has 1 unspecified atom stereocenters. The number of nitrogen functional groups attached to an aromatic ring is 1. The van der Waals surface area contributed by atoms with E-state index < -0.39 is 22.7 Å². The summed E-state index contributed by atoms with van der Waals surface area (Å²) in [7, 11) is 0. The number of nitrogens with zero attached hydrogens (tertiary/aromatic N) is 2. The molecule has 2 heterocycles. The lowest BCUT2D eigenvalue weighted by atomic mass is 10.1. The molecule has 10 heteroatoms. The van der Waals surface area contributed by atoms with Crippen LogP contribution in [0.3, 0.4) is 0 Å². The van der Waals surface area contributed by atoms with Crippen LogP contribution in [-0.2, 0) is 0 Å². The van der Waals surface area contributed by atoms with Gasteiger partial charge in [0.2, 0.25) is 0 Å². The van der Waals surface area contributed by atoms with E-state index in [-0.39, 0.29) is 24.4 Å². The van der Waals surface area contributed by atoms with Crippen molar-refractivity contribution in [2.24, 2.45) is 4.99 Å². The zero-order valence-electron chi connectivity index (χ0n) is 14.3. The Morgan fingerprint density at radius 2 is 2.31 bits per heavy atom. The van der Waals surface area contributed by atoms with Crippen LogP contribution in [-0.4, -0.2) is 39.3 Å². The van der Waals surface area contributed by atoms with E-state index in [4.69, 9.17) is 5.73 Å². The fourth-order valence-electron chi connectivity index (χ4n) is 2.30. The molecule has 0 fully saturated rings. The molecule has 0 saturated heterocycles. The molecule has 0 spiro atoms. The highest BCUT2D eigenvalue weighted by molar-refractivity contribution is 8.00. The summed E-state index contributed by atoms with van der Waals surface area (Å²) >= 11 is 2.56. The normalized spacial score (nSPS) is 19.7. The quantitative estimate of drug-likeness (QED) is 0.569. The first-order valence-electron chi connectivity index (χ1n) is 7.89. The Morgan fingerprint density at radius 3 is 3.04 bits per heavy atom. The number of rotatable bonds is 5. The maximum atomic E-state index is 13.8. The second kappa shape index (κ2) is 7.40. The summed E-state index contributed by atoms with van der Waals surface area (Å²) in [4.78, 5) is 9.57. The molecule has 1 aromatic heterocycles. The van der Waals surface area contributed by atoms with Gasteiger partial charge in [0.25, 0.3) is 0 Å². The van der Waals surface area contributed by atoms with Gasteiger partial charge < -0.3 is 21.5 Å². The van der Waals surface area contributed by atoms with E-state index in [1.54, 1.807) is 0 Å². The molecule has 0 saturated carbocycles. The molecule has 6 nitrogen and oxygen atoms in total. The molecule has 1 aliphatic heterocycles. The lowest BCUT2D eigenvalue weighted by Crippen LogP contribution is -2.48. The van der Waals surface area contributed by atoms with Crippen molar-refractivity contribution >= 4 is 39.9 Å². The van der Waals surface area contributed by atoms with Crippen LogP contribution in [0, 0.1) is 0 Å². The molecule has 1 aliphatic carbocycles. The van der Waals surface area contributed by atoms with Gasteiger partial charge in [0, 0.05) is 17.7 Å². The summed E-state index contributed by atoms with van der Waals surface area (Å²) in [5.41, 5.74) is 7.68. The number of aliphatic hydroxyl groups is 1. The predicted molar refractivity (Wildman–Crippen MR) is 103 cm³/mol. The number of nitrogens with one attached hydrogen (secondary N) is 2. The maximum absolute atomic E-state index is 13.8. The Balaban J connectivity index is 1.79. The summed E-state index contributed by atoms with van der Waals surface area (Å²) in [5, 5.41) is 16.2. The van der Waals surface area contributed by atoms with Crippen molar-refractivity contribution < 1.29 is 13.9 Å². The van der Waals surface area contributed by atoms with Crippen molar-refractivity contribution in [2.45, 2.75) is 31.3 Å². The van der Waals surface area contributed by atoms with Crippen LogP contribution in [0.4, 0.5) is 19.7 Å². The first-order chi connectivity index (χ1) is 12.3. The number of thiazole rings is 1.